The summed E-state index contributed by atoms with van der Waals surface area (Å²) in [6.45, 7) is 4.97. The lowest BCUT2D eigenvalue weighted by molar-refractivity contribution is 0.205. The number of anilines is 2. The SMILES string of the molecule is COc1ccc(Nc2nccc3c2n(C)c(=O)n3CC2CCN(C)CC2)c(C)c1. The van der Waals surface area contributed by atoms with Gasteiger partial charge in [-0.05, 0) is 75.6 Å². The van der Waals surface area contributed by atoms with E-state index in [9.17, 15) is 4.79 Å². The molecule has 0 radical (unpaired) electrons. The number of nitrogens with zero attached hydrogens (tertiary/aromatic N) is 4. The number of rotatable bonds is 5. The van der Waals surface area contributed by atoms with Gasteiger partial charge in [0, 0.05) is 25.5 Å². The van der Waals surface area contributed by atoms with Gasteiger partial charge < -0.3 is 15.0 Å². The summed E-state index contributed by atoms with van der Waals surface area (Å²) >= 11 is 0. The van der Waals surface area contributed by atoms with Crippen LogP contribution in [-0.4, -0.2) is 46.3 Å². The number of methoxy groups -OCH3 is 1. The van der Waals surface area contributed by atoms with Crippen LogP contribution in [0.15, 0.2) is 35.3 Å². The van der Waals surface area contributed by atoms with Crippen molar-refractivity contribution in [3.8, 4) is 5.75 Å². The smallest absolute Gasteiger partial charge is 0.328 e. The normalized spacial score (nSPS) is 15.7. The number of likely N-dealkylation sites (tertiary alicyclic amines) is 1. The van der Waals surface area contributed by atoms with E-state index in [1.165, 1.54) is 0 Å². The third-order valence-electron chi connectivity index (χ3n) is 6.01. The van der Waals surface area contributed by atoms with Crippen LogP contribution in [0.1, 0.15) is 18.4 Å². The summed E-state index contributed by atoms with van der Waals surface area (Å²) in [6, 6.07) is 7.81. The Labute approximate surface area is 170 Å². The van der Waals surface area contributed by atoms with Crippen LogP contribution in [-0.2, 0) is 13.6 Å². The topological polar surface area (TPSA) is 64.3 Å². The number of fused-ring (bicyclic) bond motifs is 1. The average molecular weight is 396 g/mol. The molecule has 0 amide bonds. The molecular formula is C22H29N5O2. The van der Waals surface area contributed by atoms with Gasteiger partial charge >= 0.3 is 5.69 Å². The Balaban J connectivity index is 1.69. The number of hydrogen-bond acceptors (Lipinski definition) is 5. The predicted octanol–water partition coefficient (Wildman–Crippen LogP) is 3.14. The standard InChI is InChI=1S/C22H29N5O2/c1-15-13-17(29-4)5-6-18(15)24-21-20-19(7-10-23-21)27(22(28)26(20)3)14-16-8-11-25(2)12-9-16/h5-7,10,13,16H,8-9,11-12,14H2,1-4H3,(H,23,24). The molecule has 3 aromatic rings. The molecule has 1 aliphatic rings. The molecule has 154 valence electrons. The van der Waals surface area contributed by atoms with Crippen molar-refractivity contribution in [2.24, 2.45) is 13.0 Å². The van der Waals surface area contributed by atoms with Crippen LogP contribution in [0.3, 0.4) is 0 Å². The van der Waals surface area contributed by atoms with Gasteiger partial charge in [0.2, 0.25) is 0 Å². The number of aromatic nitrogens is 3. The minimum absolute atomic E-state index is 0.0152. The lowest BCUT2D eigenvalue weighted by Gasteiger charge is -2.29. The number of piperidine rings is 1. The Morgan fingerprint density at radius 1 is 1.21 bits per heavy atom. The van der Waals surface area contributed by atoms with E-state index in [1.54, 1.807) is 17.9 Å². The Morgan fingerprint density at radius 3 is 2.66 bits per heavy atom. The zero-order valence-corrected chi connectivity index (χ0v) is 17.6. The van der Waals surface area contributed by atoms with Gasteiger partial charge in [-0.2, -0.15) is 0 Å². The van der Waals surface area contributed by atoms with E-state index in [1.807, 2.05) is 42.8 Å². The molecule has 2 aromatic heterocycles. The first-order valence-corrected chi connectivity index (χ1v) is 10.1. The fraction of sp³-hybridized carbons (Fsp3) is 0.455. The molecule has 29 heavy (non-hydrogen) atoms. The molecule has 0 saturated carbocycles. The molecule has 1 aromatic carbocycles. The predicted molar refractivity (Wildman–Crippen MR) is 116 cm³/mol. The Kier molecular flexibility index (Phi) is 5.32. The van der Waals surface area contributed by atoms with Gasteiger partial charge in [-0.1, -0.05) is 0 Å². The molecule has 1 aliphatic heterocycles. The van der Waals surface area contributed by atoms with Crippen LogP contribution in [0.4, 0.5) is 11.5 Å². The number of hydrogen-bond donors (Lipinski definition) is 1. The van der Waals surface area contributed by atoms with Crippen molar-refractivity contribution in [3.05, 3.63) is 46.5 Å². The Morgan fingerprint density at radius 2 is 1.97 bits per heavy atom. The third-order valence-corrected chi connectivity index (χ3v) is 6.01. The van der Waals surface area contributed by atoms with Gasteiger partial charge in [0.05, 0.1) is 12.6 Å². The quantitative estimate of drug-likeness (QED) is 0.719. The number of aryl methyl sites for hydroxylation is 2. The molecule has 1 saturated heterocycles. The van der Waals surface area contributed by atoms with Crippen molar-refractivity contribution >= 4 is 22.5 Å². The van der Waals surface area contributed by atoms with Crippen LogP contribution in [0.5, 0.6) is 5.75 Å². The molecule has 7 heteroatoms. The first-order valence-electron chi connectivity index (χ1n) is 10.1. The first kappa shape index (κ1) is 19.5. The highest BCUT2D eigenvalue weighted by Gasteiger charge is 2.21. The molecule has 4 rings (SSSR count). The minimum Gasteiger partial charge on any atom is -0.497 e. The van der Waals surface area contributed by atoms with Crippen molar-refractivity contribution < 1.29 is 4.74 Å². The minimum atomic E-state index is 0.0152. The van der Waals surface area contributed by atoms with Gasteiger partial charge in [0.1, 0.15) is 11.3 Å². The number of pyridine rings is 1. The maximum Gasteiger partial charge on any atom is 0.328 e. The molecule has 3 heterocycles. The average Bonchev–Trinajstić information content (AvgIpc) is 2.96. The molecule has 0 bridgehead atoms. The van der Waals surface area contributed by atoms with E-state index in [2.05, 4.69) is 22.2 Å². The van der Waals surface area contributed by atoms with Gasteiger partial charge in [-0.25, -0.2) is 9.78 Å². The summed E-state index contributed by atoms with van der Waals surface area (Å²) in [5, 5.41) is 3.41. The monoisotopic (exact) mass is 395 g/mol. The number of nitrogens with one attached hydrogen (secondary N) is 1. The van der Waals surface area contributed by atoms with Crippen molar-refractivity contribution in [2.75, 3.05) is 32.6 Å². The highest BCUT2D eigenvalue weighted by molar-refractivity contribution is 5.88. The zero-order chi connectivity index (χ0) is 20.5. The summed E-state index contributed by atoms with van der Waals surface area (Å²) in [5.41, 5.74) is 3.78. The summed E-state index contributed by atoms with van der Waals surface area (Å²) in [7, 11) is 5.64. The molecule has 1 N–H and O–H groups in total. The lowest BCUT2D eigenvalue weighted by atomic mass is 9.97. The van der Waals surface area contributed by atoms with Gasteiger partial charge in [0.15, 0.2) is 5.82 Å². The summed E-state index contributed by atoms with van der Waals surface area (Å²) in [5.74, 6) is 2.04. The second kappa shape index (κ2) is 7.91. The van der Waals surface area contributed by atoms with Gasteiger partial charge in [-0.15, -0.1) is 0 Å². The van der Waals surface area contributed by atoms with E-state index in [0.29, 0.717) is 11.7 Å². The molecule has 0 unspecified atom stereocenters. The molecule has 7 nitrogen and oxygen atoms in total. The number of benzene rings is 1. The Bertz CT molecular complexity index is 1080. The second-order valence-electron chi connectivity index (χ2n) is 8.03. The summed E-state index contributed by atoms with van der Waals surface area (Å²) in [4.78, 5) is 19.9. The van der Waals surface area contributed by atoms with Crippen molar-refractivity contribution in [3.63, 3.8) is 0 Å². The second-order valence-corrected chi connectivity index (χ2v) is 8.03. The maximum atomic E-state index is 13.0. The van der Waals surface area contributed by atoms with E-state index in [-0.39, 0.29) is 5.69 Å². The molecule has 0 spiro atoms. The van der Waals surface area contributed by atoms with Gasteiger partial charge in [0.25, 0.3) is 0 Å². The highest BCUT2D eigenvalue weighted by Crippen LogP contribution is 2.28. The van der Waals surface area contributed by atoms with Crippen molar-refractivity contribution in [1.29, 1.82) is 0 Å². The number of ether oxygens (including phenoxy) is 1. The fourth-order valence-electron chi connectivity index (χ4n) is 4.17. The lowest BCUT2D eigenvalue weighted by Crippen LogP contribution is -2.34. The van der Waals surface area contributed by atoms with Crippen molar-refractivity contribution in [2.45, 2.75) is 26.3 Å². The van der Waals surface area contributed by atoms with E-state index >= 15 is 0 Å². The maximum absolute atomic E-state index is 13.0. The van der Waals surface area contributed by atoms with Gasteiger partial charge in [-0.3, -0.25) is 9.13 Å². The largest absolute Gasteiger partial charge is 0.497 e. The molecule has 0 atom stereocenters. The first-order chi connectivity index (χ1) is 14.0. The molecular weight excluding hydrogens is 366 g/mol. The summed E-state index contributed by atoms with van der Waals surface area (Å²) in [6.07, 6.45) is 4.02. The molecule has 1 fully saturated rings. The van der Waals surface area contributed by atoms with E-state index < -0.39 is 0 Å². The Hall–Kier alpha value is -2.80. The van der Waals surface area contributed by atoms with Crippen LogP contribution in [0.25, 0.3) is 11.0 Å². The van der Waals surface area contributed by atoms with E-state index in [0.717, 1.165) is 60.5 Å². The van der Waals surface area contributed by atoms with Crippen molar-refractivity contribution in [1.82, 2.24) is 19.0 Å². The van der Waals surface area contributed by atoms with Crippen LogP contribution < -0.4 is 15.7 Å². The zero-order valence-electron chi connectivity index (χ0n) is 17.6. The fourth-order valence-corrected chi connectivity index (χ4v) is 4.17. The van der Waals surface area contributed by atoms with E-state index in [4.69, 9.17) is 4.74 Å². The van der Waals surface area contributed by atoms with Crippen LogP contribution in [0.2, 0.25) is 0 Å². The molecule has 0 aliphatic carbocycles. The van der Waals surface area contributed by atoms with Crippen LogP contribution in [0, 0.1) is 12.8 Å². The highest BCUT2D eigenvalue weighted by atomic mass is 16.5. The number of imidazole rings is 1. The van der Waals surface area contributed by atoms with Crippen LogP contribution >= 0.6 is 0 Å². The third kappa shape index (κ3) is 3.74. The summed E-state index contributed by atoms with van der Waals surface area (Å²) < 4.78 is 8.91.